The van der Waals surface area contributed by atoms with Crippen molar-refractivity contribution in [3.05, 3.63) is 0 Å². The summed E-state index contributed by atoms with van der Waals surface area (Å²) >= 11 is 0. The maximum absolute atomic E-state index is 2.41. The fourth-order valence-corrected chi connectivity index (χ4v) is 3.90. The zero-order valence-corrected chi connectivity index (χ0v) is 17.0. The summed E-state index contributed by atoms with van der Waals surface area (Å²) in [5.74, 6) is 0. The first kappa shape index (κ1) is 20.2. The first-order valence-electron chi connectivity index (χ1n) is 11.3. The van der Waals surface area contributed by atoms with Crippen LogP contribution in [0.15, 0.2) is 0 Å². The molecule has 2 heteroatoms. The molecule has 0 radical (unpaired) electrons. The highest BCUT2D eigenvalue weighted by Crippen LogP contribution is 2.20. The molecular formula is C22H46N2+2. The van der Waals surface area contributed by atoms with Gasteiger partial charge in [-0.2, -0.15) is 0 Å². The van der Waals surface area contributed by atoms with Crippen LogP contribution in [0.4, 0.5) is 0 Å². The van der Waals surface area contributed by atoms with Crippen LogP contribution in [0.5, 0.6) is 0 Å². The normalized spacial score (nSPS) is 20.2. The van der Waals surface area contributed by atoms with Gasteiger partial charge in [-0.3, -0.25) is 0 Å². The molecule has 2 nitrogen and oxygen atoms in total. The van der Waals surface area contributed by atoms with Crippen LogP contribution in [0.2, 0.25) is 0 Å². The smallest absolute Gasteiger partial charge is 0.128 e. The number of unbranched alkanes of at least 4 members (excludes halogenated alkanes) is 13. The summed E-state index contributed by atoms with van der Waals surface area (Å²) in [4.78, 5) is 0. The number of quaternary nitrogens is 2. The average molecular weight is 339 g/mol. The van der Waals surface area contributed by atoms with Gasteiger partial charge in [0.05, 0.1) is 27.2 Å². The monoisotopic (exact) mass is 338 g/mol. The van der Waals surface area contributed by atoms with Gasteiger partial charge in [0, 0.05) is 0 Å². The second kappa shape index (κ2) is 10.8. The Morgan fingerprint density at radius 2 is 0.583 bits per heavy atom. The highest BCUT2D eigenvalue weighted by molar-refractivity contribution is 4.55. The summed E-state index contributed by atoms with van der Waals surface area (Å²) in [5, 5.41) is 0. The van der Waals surface area contributed by atoms with Gasteiger partial charge in [-0.25, -0.2) is 0 Å². The van der Waals surface area contributed by atoms with Gasteiger partial charge in [-0.15, -0.1) is 0 Å². The summed E-state index contributed by atoms with van der Waals surface area (Å²) in [6.07, 6.45) is 20.8. The minimum atomic E-state index is 1.37. The molecule has 0 aliphatic carbocycles. The van der Waals surface area contributed by atoms with Crippen molar-refractivity contribution in [1.29, 1.82) is 0 Å². The van der Waals surface area contributed by atoms with Crippen molar-refractivity contribution >= 4 is 0 Å². The first-order valence-corrected chi connectivity index (χ1v) is 11.3. The molecule has 0 bridgehead atoms. The second-order valence-corrected chi connectivity index (χ2v) is 9.53. The van der Waals surface area contributed by atoms with Crippen molar-refractivity contribution in [2.75, 3.05) is 53.4 Å². The predicted octanol–water partition coefficient (Wildman–Crippen LogP) is 5.37. The fourth-order valence-electron chi connectivity index (χ4n) is 3.90. The van der Waals surface area contributed by atoms with E-state index in [9.17, 15) is 0 Å². The van der Waals surface area contributed by atoms with Crippen molar-refractivity contribution in [3.63, 3.8) is 0 Å². The summed E-state index contributed by atoms with van der Waals surface area (Å²) in [6, 6.07) is 0. The van der Waals surface area contributed by atoms with E-state index >= 15 is 0 Å². The summed E-state index contributed by atoms with van der Waals surface area (Å²) in [7, 11) is 4.82. The molecule has 0 amide bonds. The Morgan fingerprint density at radius 3 is 0.792 bits per heavy atom. The molecule has 0 aromatic carbocycles. The zero-order chi connectivity index (χ0) is 17.1. The van der Waals surface area contributed by atoms with Gasteiger partial charge in [0.2, 0.25) is 0 Å². The van der Waals surface area contributed by atoms with Crippen LogP contribution in [0.1, 0.15) is 89.9 Å². The average Bonchev–Trinajstić information content (AvgIpc) is 3.47. The van der Waals surface area contributed by atoms with Gasteiger partial charge in [0.15, 0.2) is 0 Å². The third kappa shape index (κ3) is 10.0. The van der Waals surface area contributed by atoms with E-state index in [4.69, 9.17) is 0 Å². The topological polar surface area (TPSA) is 0 Å². The lowest BCUT2D eigenvalue weighted by atomic mass is 10.0. The van der Waals surface area contributed by atoms with Gasteiger partial charge in [-0.05, 0) is 25.7 Å². The standard InChI is InChI=1S/C22H46N2/c1-23(19-20-23)17-15-13-11-9-7-5-3-4-6-8-10-12-14-16-18-24(2)21-22-24/h3-22H2,1-2H3/q+2. The van der Waals surface area contributed by atoms with Gasteiger partial charge in [0.1, 0.15) is 26.2 Å². The number of rotatable bonds is 17. The summed E-state index contributed by atoms with van der Waals surface area (Å²) in [5.41, 5.74) is 0. The van der Waals surface area contributed by atoms with E-state index < -0.39 is 0 Å². The van der Waals surface area contributed by atoms with Crippen molar-refractivity contribution in [2.45, 2.75) is 89.9 Å². The van der Waals surface area contributed by atoms with Crippen LogP contribution < -0.4 is 0 Å². The SMILES string of the molecule is C[N+]1(CCCCCCCCCCCCCCCC[N+]2(C)CC2)CC1. The van der Waals surface area contributed by atoms with E-state index in [-0.39, 0.29) is 0 Å². The predicted molar refractivity (Wildman–Crippen MR) is 106 cm³/mol. The Balaban J connectivity index is 1.19. The number of nitrogens with zero attached hydrogens (tertiary/aromatic N) is 2. The highest BCUT2D eigenvalue weighted by atomic mass is 15.4. The van der Waals surface area contributed by atoms with Crippen LogP contribution in [-0.2, 0) is 0 Å². The molecular weight excluding hydrogens is 292 g/mol. The molecule has 0 aromatic heterocycles. The third-order valence-electron chi connectivity index (χ3n) is 6.62. The molecule has 0 spiro atoms. The lowest BCUT2D eigenvalue weighted by molar-refractivity contribution is -0.777. The Bertz CT molecular complexity index is 286. The Hall–Kier alpha value is -0.0800. The molecule has 142 valence electrons. The second-order valence-electron chi connectivity index (χ2n) is 9.53. The molecule has 2 aliphatic rings. The van der Waals surface area contributed by atoms with Gasteiger partial charge in [-0.1, -0.05) is 64.2 Å². The van der Waals surface area contributed by atoms with Crippen LogP contribution in [-0.4, -0.2) is 62.3 Å². The Morgan fingerprint density at radius 1 is 0.375 bits per heavy atom. The Labute approximate surface area is 152 Å². The molecule has 0 unspecified atom stereocenters. The van der Waals surface area contributed by atoms with Gasteiger partial charge in [0.25, 0.3) is 0 Å². The summed E-state index contributed by atoms with van der Waals surface area (Å²) < 4.78 is 2.75. The lowest BCUT2D eigenvalue weighted by Crippen LogP contribution is -2.20. The number of likely N-dealkylation sites (N-methyl/N-ethyl adjacent to an activating group) is 2. The lowest BCUT2D eigenvalue weighted by Gasteiger charge is -2.10. The largest absolute Gasteiger partial charge is 0.317 e. The fraction of sp³-hybridized carbons (Fsp3) is 1.00. The van der Waals surface area contributed by atoms with E-state index in [1.165, 1.54) is 138 Å². The minimum Gasteiger partial charge on any atom is -0.317 e. The number of hydrogen-bond donors (Lipinski definition) is 0. The summed E-state index contributed by atoms with van der Waals surface area (Å²) in [6.45, 7) is 8.66. The van der Waals surface area contributed by atoms with Crippen LogP contribution in [0.3, 0.4) is 0 Å². The van der Waals surface area contributed by atoms with E-state index in [0.29, 0.717) is 0 Å². The molecule has 2 heterocycles. The minimum absolute atomic E-state index is 1.37. The van der Waals surface area contributed by atoms with E-state index in [0.717, 1.165) is 0 Å². The van der Waals surface area contributed by atoms with Crippen molar-refractivity contribution in [1.82, 2.24) is 0 Å². The first-order chi connectivity index (χ1) is 11.6. The van der Waals surface area contributed by atoms with Crippen molar-refractivity contribution in [2.24, 2.45) is 0 Å². The van der Waals surface area contributed by atoms with E-state index in [1.54, 1.807) is 0 Å². The maximum atomic E-state index is 2.41. The molecule has 2 fully saturated rings. The van der Waals surface area contributed by atoms with Crippen LogP contribution in [0.25, 0.3) is 0 Å². The molecule has 0 saturated carbocycles. The third-order valence-corrected chi connectivity index (χ3v) is 6.62. The molecule has 2 aliphatic heterocycles. The molecule has 2 saturated heterocycles. The molecule has 0 atom stereocenters. The molecule has 24 heavy (non-hydrogen) atoms. The zero-order valence-electron chi connectivity index (χ0n) is 17.0. The molecule has 2 rings (SSSR count). The maximum Gasteiger partial charge on any atom is 0.128 e. The van der Waals surface area contributed by atoms with Gasteiger partial charge < -0.3 is 8.97 Å². The highest BCUT2D eigenvalue weighted by Gasteiger charge is 2.36. The van der Waals surface area contributed by atoms with Crippen molar-refractivity contribution < 1.29 is 8.97 Å². The van der Waals surface area contributed by atoms with Gasteiger partial charge >= 0.3 is 0 Å². The van der Waals surface area contributed by atoms with Crippen LogP contribution >= 0.6 is 0 Å². The number of hydrogen-bond acceptors (Lipinski definition) is 0. The van der Waals surface area contributed by atoms with Crippen molar-refractivity contribution in [3.8, 4) is 0 Å². The van der Waals surface area contributed by atoms with E-state index in [1.807, 2.05) is 0 Å². The molecule has 0 N–H and O–H groups in total. The Kier molecular flexibility index (Phi) is 9.11. The quantitative estimate of drug-likeness (QED) is 0.190. The molecule has 0 aromatic rings. The van der Waals surface area contributed by atoms with E-state index in [2.05, 4.69) is 14.1 Å². The van der Waals surface area contributed by atoms with Crippen LogP contribution in [0, 0.1) is 0 Å².